The molecule has 0 bridgehead atoms. The van der Waals surface area contributed by atoms with E-state index >= 15 is 0 Å². The van der Waals surface area contributed by atoms with Gasteiger partial charge in [-0.25, -0.2) is 4.39 Å². The van der Waals surface area contributed by atoms with Gasteiger partial charge in [-0.15, -0.1) is 5.10 Å². The lowest BCUT2D eigenvalue weighted by Crippen LogP contribution is -2.36. The molecule has 0 aliphatic carbocycles. The van der Waals surface area contributed by atoms with Gasteiger partial charge >= 0.3 is 6.18 Å². The van der Waals surface area contributed by atoms with Crippen LogP contribution in [0.2, 0.25) is 0 Å². The number of alkyl halides is 3. The summed E-state index contributed by atoms with van der Waals surface area (Å²) in [6, 6.07) is 3.66. The Morgan fingerprint density at radius 2 is 1.73 bits per heavy atom. The second-order valence-corrected chi connectivity index (χ2v) is 9.83. The largest absolute Gasteiger partial charge is 0.419 e. The molecule has 0 spiro atoms. The number of benzene rings is 1. The van der Waals surface area contributed by atoms with Gasteiger partial charge in [0.15, 0.2) is 5.82 Å². The number of halogens is 4. The zero-order chi connectivity index (χ0) is 30.5. The Morgan fingerprint density at radius 1 is 1.05 bits per heavy atom. The third-order valence-electron chi connectivity index (χ3n) is 7.18. The van der Waals surface area contributed by atoms with Crippen LogP contribution in [0.3, 0.4) is 0 Å². The molecule has 0 fully saturated rings. The van der Waals surface area contributed by atoms with E-state index in [0.29, 0.717) is 17.8 Å². The molecule has 0 saturated heterocycles. The van der Waals surface area contributed by atoms with Crippen LogP contribution in [0.1, 0.15) is 97.4 Å². The fourth-order valence-electron chi connectivity index (χ4n) is 4.54. The van der Waals surface area contributed by atoms with E-state index in [4.69, 9.17) is 0 Å². The maximum Gasteiger partial charge on any atom is 0.419 e. The lowest BCUT2D eigenvalue weighted by molar-refractivity contribution is -0.140. The molecule has 0 amide bonds. The SMILES string of the molecule is C/C=c1/c(C)nnc(NCc2cccc(C(F)(F)F)c2F)/c1=C/C(=C/CC)N(C)C(CC)CCC(C)CC.CC. The van der Waals surface area contributed by atoms with Crippen LogP contribution < -0.4 is 15.8 Å². The predicted molar refractivity (Wildman–Crippen MR) is 160 cm³/mol. The highest BCUT2D eigenvalue weighted by Crippen LogP contribution is 2.32. The first kappa shape index (κ1) is 35.1. The molecule has 40 heavy (non-hydrogen) atoms. The summed E-state index contributed by atoms with van der Waals surface area (Å²) in [5.74, 6) is -0.220. The van der Waals surface area contributed by atoms with Gasteiger partial charge in [0.1, 0.15) is 5.82 Å². The van der Waals surface area contributed by atoms with Gasteiger partial charge in [0.05, 0.1) is 11.3 Å². The minimum Gasteiger partial charge on any atom is -0.372 e. The summed E-state index contributed by atoms with van der Waals surface area (Å²) in [5, 5.41) is 13.2. The maximum absolute atomic E-state index is 14.7. The van der Waals surface area contributed by atoms with E-state index in [1.165, 1.54) is 12.1 Å². The number of aromatic nitrogens is 2. The molecule has 1 heterocycles. The number of nitrogens with zero attached hydrogens (tertiary/aromatic N) is 3. The molecular weight excluding hydrogens is 516 g/mol. The van der Waals surface area contributed by atoms with Crippen LogP contribution in [-0.2, 0) is 12.7 Å². The molecule has 2 atom stereocenters. The first-order valence-corrected chi connectivity index (χ1v) is 14.5. The van der Waals surface area contributed by atoms with Crippen LogP contribution in [0.5, 0.6) is 0 Å². The van der Waals surface area contributed by atoms with Gasteiger partial charge in [0.25, 0.3) is 0 Å². The Morgan fingerprint density at radius 3 is 2.27 bits per heavy atom. The maximum atomic E-state index is 14.7. The van der Waals surface area contributed by atoms with Crippen LogP contribution >= 0.6 is 0 Å². The van der Waals surface area contributed by atoms with E-state index in [-0.39, 0.29) is 12.1 Å². The number of hydrogen-bond donors (Lipinski definition) is 1. The molecular formula is C32H48F4N4. The van der Waals surface area contributed by atoms with Crippen molar-refractivity contribution in [3.63, 3.8) is 0 Å². The summed E-state index contributed by atoms with van der Waals surface area (Å²) in [5.41, 5.74) is 0.399. The molecule has 0 radical (unpaired) electrons. The van der Waals surface area contributed by atoms with E-state index in [2.05, 4.69) is 67.3 Å². The number of anilines is 1. The monoisotopic (exact) mass is 564 g/mol. The summed E-state index contributed by atoms with van der Waals surface area (Å²) in [4.78, 5) is 2.30. The van der Waals surface area contributed by atoms with Crippen molar-refractivity contribution in [1.29, 1.82) is 0 Å². The Bertz CT molecular complexity index is 1200. The zero-order valence-corrected chi connectivity index (χ0v) is 25.7. The van der Waals surface area contributed by atoms with Crippen molar-refractivity contribution < 1.29 is 17.6 Å². The van der Waals surface area contributed by atoms with E-state index in [9.17, 15) is 17.6 Å². The van der Waals surface area contributed by atoms with E-state index in [1.54, 1.807) is 0 Å². The van der Waals surface area contributed by atoms with Gasteiger partial charge in [-0.3, -0.25) is 0 Å². The number of allylic oxidation sites excluding steroid dienone is 2. The first-order valence-electron chi connectivity index (χ1n) is 14.5. The van der Waals surface area contributed by atoms with Gasteiger partial charge in [0, 0.05) is 41.3 Å². The average Bonchev–Trinajstić information content (AvgIpc) is 2.93. The van der Waals surface area contributed by atoms with Crippen LogP contribution in [0.15, 0.2) is 30.0 Å². The van der Waals surface area contributed by atoms with E-state index in [0.717, 1.165) is 60.0 Å². The molecule has 224 valence electrons. The van der Waals surface area contributed by atoms with Gasteiger partial charge < -0.3 is 10.2 Å². The third kappa shape index (κ3) is 9.63. The Balaban J connectivity index is 0.00000391. The highest BCUT2D eigenvalue weighted by molar-refractivity contribution is 5.54. The van der Waals surface area contributed by atoms with Crippen molar-refractivity contribution in [1.82, 2.24) is 15.1 Å². The van der Waals surface area contributed by atoms with Crippen LogP contribution in [0, 0.1) is 18.7 Å². The van der Waals surface area contributed by atoms with Gasteiger partial charge in [-0.2, -0.15) is 18.3 Å². The molecule has 0 aliphatic rings. The predicted octanol–water partition coefficient (Wildman–Crippen LogP) is 7.99. The van der Waals surface area contributed by atoms with Crippen molar-refractivity contribution in [2.45, 2.75) is 106 Å². The van der Waals surface area contributed by atoms with Crippen LogP contribution in [-0.4, -0.2) is 28.2 Å². The van der Waals surface area contributed by atoms with Crippen molar-refractivity contribution in [3.8, 4) is 0 Å². The number of hydrogen-bond acceptors (Lipinski definition) is 4. The number of rotatable bonds is 12. The quantitative estimate of drug-likeness (QED) is 0.265. The van der Waals surface area contributed by atoms with Gasteiger partial charge in [-0.05, 0) is 57.6 Å². The molecule has 0 saturated carbocycles. The van der Waals surface area contributed by atoms with Crippen LogP contribution in [0.4, 0.5) is 23.4 Å². The summed E-state index contributed by atoms with van der Waals surface area (Å²) in [6.07, 6.45) is 6.62. The molecule has 2 unspecified atom stereocenters. The molecule has 8 heteroatoms. The molecule has 4 nitrogen and oxygen atoms in total. The Labute approximate surface area is 238 Å². The fourth-order valence-corrected chi connectivity index (χ4v) is 4.54. The normalized spacial score (nSPS) is 14.5. The zero-order valence-electron chi connectivity index (χ0n) is 25.7. The summed E-state index contributed by atoms with van der Waals surface area (Å²) in [6.45, 7) is 16.4. The van der Waals surface area contributed by atoms with Crippen LogP contribution in [0.25, 0.3) is 12.2 Å². The fraction of sp³-hybridized carbons (Fsp3) is 0.562. The number of nitrogens with one attached hydrogen (secondary N) is 1. The third-order valence-corrected chi connectivity index (χ3v) is 7.18. The summed E-state index contributed by atoms with van der Waals surface area (Å²) >= 11 is 0. The minimum atomic E-state index is -4.76. The highest BCUT2D eigenvalue weighted by Gasteiger charge is 2.34. The second-order valence-electron chi connectivity index (χ2n) is 9.83. The summed E-state index contributed by atoms with van der Waals surface area (Å²) in [7, 11) is 2.10. The van der Waals surface area contributed by atoms with Crippen molar-refractivity contribution in [2.24, 2.45) is 5.92 Å². The first-order chi connectivity index (χ1) is 19.0. The van der Waals surface area contributed by atoms with Gasteiger partial charge in [0.2, 0.25) is 0 Å². The van der Waals surface area contributed by atoms with Crippen molar-refractivity contribution in [3.05, 3.63) is 63.0 Å². The Kier molecular flexibility index (Phi) is 15.0. The summed E-state index contributed by atoms with van der Waals surface area (Å²) < 4.78 is 54.3. The standard InChI is InChI=1S/C30H42F4N4.C2H6/c1-8-13-24(38(7)23(10-3)17-16-20(5)9-2)18-26-25(11-4)21(6)36-37-29(26)35-19-22-14-12-15-27(28(22)31)30(32,33)34;1-2/h11-15,18,20,23H,8-10,16-17,19H2,1-7H3,(H,35,37);1-2H3/b24-13-,25-11-,26-18+;. The smallest absolute Gasteiger partial charge is 0.372 e. The molecule has 2 aromatic rings. The second kappa shape index (κ2) is 17.0. The van der Waals surface area contributed by atoms with Crippen molar-refractivity contribution in [2.75, 3.05) is 12.4 Å². The minimum absolute atomic E-state index is 0.0901. The molecule has 2 rings (SSSR count). The van der Waals surface area contributed by atoms with E-state index in [1.807, 2.05) is 33.8 Å². The topological polar surface area (TPSA) is 41.1 Å². The van der Waals surface area contributed by atoms with E-state index < -0.39 is 17.6 Å². The lowest BCUT2D eigenvalue weighted by Gasteiger charge is -2.31. The van der Waals surface area contributed by atoms with Gasteiger partial charge in [-0.1, -0.05) is 72.2 Å². The Hall–Kier alpha value is -2.90. The molecule has 1 N–H and O–H groups in total. The highest BCUT2D eigenvalue weighted by atomic mass is 19.4. The average molecular weight is 565 g/mol. The molecule has 1 aromatic carbocycles. The molecule has 1 aromatic heterocycles. The van der Waals surface area contributed by atoms with Crippen molar-refractivity contribution >= 4 is 18.0 Å². The number of aryl methyl sites for hydroxylation is 1. The lowest BCUT2D eigenvalue weighted by atomic mass is 9.97. The molecule has 0 aliphatic heterocycles.